The third kappa shape index (κ3) is 6.34. The van der Waals surface area contributed by atoms with Crippen molar-refractivity contribution in [2.24, 2.45) is 5.41 Å². The van der Waals surface area contributed by atoms with Crippen molar-refractivity contribution in [3.8, 4) is 0 Å². The minimum Gasteiger partial charge on any atom is -0.349 e. The maximum atomic E-state index is 13.4. The first-order valence-corrected chi connectivity index (χ1v) is 15.4. The topological polar surface area (TPSA) is 116 Å². The van der Waals surface area contributed by atoms with Gasteiger partial charge in [0.15, 0.2) is 9.84 Å². The highest BCUT2D eigenvalue weighted by atomic mass is 35.5. The van der Waals surface area contributed by atoms with Crippen molar-refractivity contribution in [1.29, 1.82) is 0 Å². The van der Waals surface area contributed by atoms with Crippen LogP contribution in [0.25, 0.3) is 0 Å². The largest absolute Gasteiger partial charge is 0.349 e. The van der Waals surface area contributed by atoms with E-state index in [-0.39, 0.29) is 47.1 Å². The van der Waals surface area contributed by atoms with Gasteiger partial charge in [-0.05, 0) is 55.4 Å². The van der Waals surface area contributed by atoms with Gasteiger partial charge < -0.3 is 15.5 Å². The summed E-state index contributed by atoms with van der Waals surface area (Å²) >= 11 is 0. The lowest BCUT2D eigenvalue weighted by Crippen LogP contribution is -2.55. The van der Waals surface area contributed by atoms with Crippen LogP contribution in [0.15, 0.2) is 59.5 Å². The summed E-state index contributed by atoms with van der Waals surface area (Å²) in [6, 6.07) is 15.8. The summed E-state index contributed by atoms with van der Waals surface area (Å²) in [5, 5.41) is 6.20. The molecule has 1 aliphatic carbocycles. The first kappa shape index (κ1) is 30.0. The molecule has 2 aliphatic heterocycles. The number of likely N-dealkylation sites (tertiary alicyclic amines) is 1. The number of amides is 4. The molecule has 1 atom stereocenters. The minimum absolute atomic E-state index is 0. The lowest BCUT2D eigenvalue weighted by molar-refractivity contribution is -0.133. The first-order chi connectivity index (χ1) is 18.5. The maximum absolute atomic E-state index is 13.4. The average Bonchev–Trinajstić information content (AvgIpc) is 3.64. The van der Waals surface area contributed by atoms with Crippen molar-refractivity contribution in [3.05, 3.63) is 65.7 Å². The van der Waals surface area contributed by atoms with Crippen molar-refractivity contribution >= 4 is 40.1 Å². The zero-order chi connectivity index (χ0) is 27.8. The molecule has 2 N–H and O–H groups in total. The van der Waals surface area contributed by atoms with Crippen LogP contribution in [0.4, 0.5) is 4.79 Å². The number of nitrogens with one attached hydrogen (secondary N) is 2. The summed E-state index contributed by atoms with van der Waals surface area (Å²) in [6.45, 7) is 4.20. The molecule has 40 heavy (non-hydrogen) atoms. The predicted molar refractivity (Wildman–Crippen MR) is 154 cm³/mol. The number of nitrogens with zero attached hydrogens (tertiary/aromatic N) is 2. The normalized spacial score (nSPS) is 20.5. The van der Waals surface area contributed by atoms with Gasteiger partial charge in [0.1, 0.15) is 5.54 Å². The lowest BCUT2D eigenvalue weighted by atomic mass is 9.87. The van der Waals surface area contributed by atoms with E-state index in [4.69, 9.17) is 0 Å². The van der Waals surface area contributed by atoms with Crippen molar-refractivity contribution in [2.75, 3.05) is 25.9 Å². The number of carbonyl (C=O) groups excluding carboxylic acids is 3. The summed E-state index contributed by atoms with van der Waals surface area (Å²) in [6.07, 6.45) is 4.79. The molecule has 2 heterocycles. The molecule has 2 aromatic rings. The molecule has 11 heteroatoms. The second-order valence-corrected chi connectivity index (χ2v) is 13.5. The van der Waals surface area contributed by atoms with Crippen LogP contribution in [-0.4, -0.2) is 67.5 Å². The predicted octanol–water partition coefficient (Wildman–Crippen LogP) is 3.45. The van der Waals surface area contributed by atoms with E-state index in [0.29, 0.717) is 31.5 Å². The van der Waals surface area contributed by atoms with E-state index >= 15 is 0 Å². The molecule has 5 rings (SSSR count). The number of imide groups is 1. The van der Waals surface area contributed by atoms with Crippen LogP contribution in [0, 0.1) is 5.41 Å². The van der Waals surface area contributed by atoms with E-state index < -0.39 is 21.4 Å². The van der Waals surface area contributed by atoms with Gasteiger partial charge >= 0.3 is 6.03 Å². The highest BCUT2D eigenvalue weighted by molar-refractivity contribution is 7.90. The molecule has 3 fully saturated rings. The number of hydrogen-bond donors (Lipinski definition) is 2. The maximum Gasteiger partial charge on any atom is 0.325 e. The Labute approximate surface area is 242 Å². The van der Waals surface area contributed by atoms with E-state index in [9.17, 15) is 22.8 Å². The number of piperidine rings is 1. The SMILES string of the molecule is CC1(C(=O)N[C@@H](CCN2CCC3(CC2)NC(=O)N(Cc2ccc(S(C)(=O)=O)cc2)C3=O)c2ccccc2)CC1.Cl. The van der Waals surface area contributed by atoms with Crippen molar-refractivity contribution in [3.63, 3.8) is 0 Å². The lowest BCUT2D eigenvalue weighted by Gasteiger charge is -2.38. The van der Waals surface area contributed by atoms with E-state index in [1.54, 1.807) is 12.1 Å². The Balaban J connectivity index is 0.00000370. The molecule has 4 amide bonds. The Morgan fingerprint density at radius 3 is 2.20 bits per heavy atom. The van der Waals surface area contributed by atoms with E-state index in [1.807, 2.05) is 37.3 Å². The van der Waals surface area contributed by atoms with Gasteiger partial charge in [-0.3, -0.25) is 14.5 Å². The number of urea groups is 1. The molecule has 2 saturated heterocycles. The number of benzene rings is 2. The fourth-order valence-corrected chi connectivity index (χ4v) is 6.04. The fourth-order valence-electron chi connectivity index (χ4n) is 5.41. The number of halogens is 1. The summed E-state index contributed by atoms with van der Waals surface area (Å²) in [4.78, 5) is 42.7. The quantitative estimate of drug-likeness (QED) is 0.434. The Bertz CT molecular complexity index is 1350. The number of sulfone groups is 1. The standard InChI is InChI=1S/C29H36N4O5S.ClH/c1-28(13-14-28)25(34)30-24(22-6-4-3-5-7-22)12-17-32-18-15-29(16-19-32)26(35)33(27(36)31-29)20-21-8-10-23(11-9-21)39(2,37)38;/h3-11,24H,12-20H2,1-2H3,(H,30,34)(H,31,36);1H/t24-;/m0./s1. The molecule has 0 radical (unpaired) electrons. The van der Waals surface area contributed by atoms with Crippen molar-refractivity contribution < 1.29 is 22.8 Å². The molecular weight excluding hydrogens is 552 g/mol. The van der Waals surface area contributed by atoms with Crippen molar-refractivity contribution in [1.82, 2.24) is 20.4 Å². The zero-order valence-corrected chi connectivity index (χ0v) is 24.5. The number of carbonyl (C=O) groups is 3. The minimum atomic E-state index is -3.32. The highest BCUT2D eigenvalue weighted by Gasteiger charge is 2.52. The average molecular weight is 589 g/mol. The molecule has 1 saturated carbocycles. The van der Waals surface area contributed by atoms with Gasteiger partial charge in [0.25, 0.3) is 5.91 Å². The van der Waals surface area contributed by atoms with Gasteiger partial charge in [-0.15, -0.1) is 12.4 Å². The van der Waals surface area contributed by atoms with E-state index in [0.717, 1.165) is 37.6 Å². The second-order valence-electron chi connectivity index (χ2n) is 11.4. The van der Waals surface area contributed by atoms with Gasteiger partial charge in [-0.2, -0.15) is 0 Å². The second kappa shape index (κ2) is 11.5. The molecular formula is C29H37ClN4O5S. The van der Waals surface area contributed by atoms with Crippen LogP contribution in [0.3, 0.4) is 0 Å². The Morgan fingerprint density at radius 2 is 1.62 bits per heavy atom. The molecule has 0 bridgehead atoms. The monoisotopic (exact) mass is 588 g/mol. The van der Waals surface area contributed by atoms with Gasteiger partial charge in [-0.1, -0.05) is 49.4 Å². The molecule has 2 aromatic carbocycles. The van der Waals surface area contributed by atoms with Gasteiger partial charge in [-0.25, -0.2) is 13.2 Å². The van der Waals surface area contributed by atoms with Gasteiger partial charge in [0.05, 0.1) is 17.5 Å². The molecule has 216 valence electrons. The third-order valence-electron chi connectivity index (χ3n) is 8.44. The molecule has 0 unspecified atom stereocenters. The van der Waals surface area contributed by atoms with E-state index in [1.165, 1.54) is 17.0 Å². The Morgan fingerprint density at radius 1 is 1.00 bits per heavy atom. The van der Waals surface area contributed by atoms with Gasteiger partial charge in [0.2, 0.25) is 5.91 Å². The van der Waals surface area contributed by atoms with Crippen LogP contribution < -0.4 is 10.6 Å². The van der Waals surface area contributed by atoms with Crippen LogP contribution in [0.5, 0.6) is 0 Å². The smallest absolute Gasteiger partial charge is 0.325 e. The molecule has 9 nitrogen and oxygen atoms in total. The summed E-state index contributed by atoms with van der Waals surface area (Å²) in [7, 11) is -3.32. The van der Waals surface area contributed by atoms with E-state index in [2.05, 4.69) is 15.5 Å². The summed E-state index contributed by atoms with van der Waals surface area (Å²) in [5.74, 6) is -0.120. The van der Waals surface area contributed by atoms with Crippen LogP contribution in [0.2, 0.25) is 0 Å². The Hall–Kier alpha value is -2.95. The van der Waals surface area contributed by atoms with Crippen molar-refractivity contribution in [2.45, 2.75) is 62.0 Å². The number of hydrogen-bond acceptors (Lipinski definition) is 6. The Kier molecular flexibility index (Phi) is 8.63. The highest BCUT2D eigenvalue weighted by Crippen LogP contribution is 2.45. The van der Waals surface area contributed by atoms with Crippen LogP contribution in [-0.2, 0) is 26.0 Å². The summed E-state index contributed by atoms with van der Waals surface area (Å²) in [5.41, 5.74) is 0.623. The molecule has 3 aliphatic rings. The molecule has 0 aromatic heterocycles. The summed E-state index contributed by atoms with van der Waals surface area (Å²) < 4.78 is 23.4. The van der Waals surface area contributed by atoms with Crippen LogP contribution >= 0.6 is 12.4 Å². The molecule has 1 spiro atoms. The number of rotatable bonds is 9. The van der Waals surface area contributed by atoms with Crippen LogP contribution in [0.1, 0.15) is 56.2 Å². The third-order valence-corrected chi connectivity index (χ3v) is 9.57. The van der Waals surface area contributed by atoms with Gasteiger partial charge in [0, 0.05) is 31.3 Å². The fraction of sp³-hybridized carbons (Fsp3) is 0.483. The zero-order valence-electron chi connectivity index (χ0n) is 22.9. The first-order valence-electron chi connectivity index (χ1n) is 13.5.